The molecule has 0 aliphatic carbocycles. The van der Waals surface area contributed by atoms with Crippen molar-refractivity contribution in [3.8, 4) is 0 Å². The van der Waals surface area contributed by atoms with Crippen LogP contribution < -0.4 is 26.6 Å². The molecule has 40 atom stereocenters. The van der Waals surface area contributed by atoms with Crippen LogP contribution in [0.5, 0.6) is 0 Å². The van der Waals surface area contributed by atoms with E-state index in [1.165, 1.54) is 0 Å². The first-order valence-corrected chi connectivity index (χ1v) is 33.1. The second kappa shape index (κ2) is 37.5. The fourth-order valence-electron chi connectivity index (χ4n) is 13.3. The Labute approximate surface area is 589 Å². The molecule has 600 valence electrons. The zero-order chi connectivity index (χ0) is 76.8. The van der Waals surface area contributed by atoms with Gasteiger partial charge in [-0.25, -0.2) is 0 Å². The molecule has 8 aliphatic rings. The largest absolute Gasteiger partial charge is 0.394 e. The molecule has 0 aromatic rings. The van der Waals surface area contributed by atoms with Crippen molar-refractivity contribution < 1.29 is 202 Å². The molecule has 8 saturated heterocycles. The maximum absolute atomic E-state index is 12.7. The minimum atomic E-state index is -2.53. The Morgan fingerprint density at radius 2 is 0.529 bits per heavy atom. The normalized spacial score (nSPS) is 47.2. The second-order valence-electron chi connectivity index (χ2n) is 26.1. The van der Waals surface area contributed by atoms with Crippen molar-refractivity contribution in [3.05, 3.63) is 0 Å². The molecule has 8 aliphatic heterocycles. The van der Waals surface area contributed by atoms with E-state index in [1.807, 2.05) is 0 Å². The molecule has 5 amide bonds. The number of aliphatic hydroxyl groups is 21. The summed E-state index contributed by atoms with van der Waals surface area (Å²) in [5.74, 6) is -4.25. The van der Waals surface area contributed by atoms with Gasteiger partial charge in [0.25, 0.3) is 0 Å². The Morgan fingerprint density at radius 1 is 0.250 bits per heavy atom. The van der Waals surface area contributed by atoms with Gasteiger partial charge in [0, 0.05) is 34.6 Å². The molecule has 0 unspecified atom stereocenters. The Morgan fingerprint density at radius 3 is 0.933 bits per heavy atom. The predicted molar refractivity (Wildman–Crippen MR) is 322 cm³/mol. The van der Waals surface area contributed by atoms with Gasteiger partial charge in [0.1, 0.15) is 195 Å². The Bertz CT molecular complexity index is 2770. The van der Waals surface area contributed by atoms with Gasteiger partial charge in [-0.1, -0.05) is 0 Å². The third-order valence-corrected chi connectivity index (χ3v) is 18.6. The van der Waals surface area contributed by atoms with E-state index in [0.29, 0.717) is 0 Å². The first kappa shape index (κ1) is 85.5. The molecular weight excluding hydrogens is 1420 g/mol. The number of amides is 5. The molecule has 46 heteroatoms. The first-order valence-electron chi connectivity index (χ1n) is 33.1. The lowest BCUT2D eigenvalue weighted by Gasteiger charge is -2.51. The quantitative estimate of drug-likeness (QED) is 0.0363. The minimum Gasteiger partial charge on any atom is -0.394 e. The van der Waals surface area contributed by atoms with E-state index in [2.05, 4.69) is 26.6 Å². The highest BCUT2D eigenvalue weighted by Crippen LogP contribution is 2.39. The molecule has 104 heavy (non-hydrogen) atoms. The van der Waals surface area contributed by atoms with E-state index in [0.717, 1.165) is 34.6 Å². The summed E-state index contributed by atoms with van der Waals surface area (Å²) in [4.78, 5) is 62.4. The predicted octanol–water partition coefficient (Wildman–Crippen LogP) is -17.7. The smallest absolute Gasteiger partial charge is 0.217 e. The Balaban J connectivity index is 1.20. The average Bonchev–Trinajstić information content (AvgIpc) is 0.765. The van der Waals surface area contributed by atoms with Crippen molar-refractivity contribution in [2.24, 2.45) is 0 Å². The lowest BCUT2D eigenvalue weighted by Crippen LogP contribution is -2.70. The second-order valence-corrected chi connectivity index (χ2v) is 26.1. The topological polar surface area (TPSA) is 709 Å². The van der Waals surface area contributed by atoms with Crippen LogP contribution in [0.4, 0.5) is 0 Å². The van der Waals surface area contributed by atoms with E-state index in [4.69, 9.17) is 71.1 Å². The van der Waals surface area contributed by atoms with Crippen LogP contribution in [-0.2, 0) is 95.0 Å². The van der Waals surface area contributed by atoms with Crippen LogP contribution in [0, 0.1) is 0 Å². The summed E-state index contributed by atoms with van der Waals surface area (Å²) in [6.45, 7) is -3.51. The van der Waals surface area contributed by atoms with Crippen LogP contribution in [0.1, 0.15) is 34.6 Å². The Kier molecular flexibility index (Phi) is 30.9. The average molecular weight is 1520 g/mol. The van der Waals surface area contributed by atoms with E-state index >= 15 is 0 Å². The molecule has 0 aromatic carbocycles. The summed E-state index contributed by atoms with van der Waals surface area (Å²) >= 11 is 0. The van der Waals surface area contributed by atoms with E-state index in [9.17, 15) is 131 Å². The molecule has 0 radical (unpaired) electrons. The first-order chi connectivity index (χ1) is 49.1. The van der Waals surface area contributed by atoms with Gasteiger partial charge < -0.3 is 205 Å². The summed E-state index contributed by atoms with van der Waals surface area (Å²) in [5.41, 5.74) is 0. The fraction of sp³-hybridized carbons (Fsp3) is 0.914. The number of rotatable bonds is 27. The third kappa shape index (κ3) is 19.4. The van der Waals surface area contributed by atoms with Crippen LogP contribution >= 0.6 is 0 Å². The van der Waals surface area contributed by atoms with Crippen molar-refractivity contribution in [2.45, 2.75) is 280 Å². The monoisotopic (exact) mass is 1520 g/mol. The third-order valence-electron chi connectivity index (χ3n) is 18.6. The SMILES string of the molecule is CC(=O)N[C@@H]1[C@@H](O)[C@H](O[C@@H]2O[C@H](CO[C@H]3O[C@H](CO[C@@H]4O[C@H](CO)[C@@H](O)[C@H](O)[C@H]4NC(C)=O)[C@@H](O)[C@H](O)[C@@H]3O[C@@H]3O[C@H](CO)[C@@H](O)[C@H](O)[C@H]3NC(C)=O)[C@@H](O)[C@H](O[C@H]3O[C@H](CO)[C@@H](O[C@@H]4O[C@H](CO)[C@@H](O)[C@H](O)[C@H]4NC(C)=O)[C@H](O)[C@@H]3O[C@@H]3O[C@H](CO)[C@@H](O)[C@H](O)[C@H]3NC(C)=O)[C@@H]2O)[C@@H](CO)O[C@H]1O. The fourth-order valence-corrected chi connectivity index (χ4v) is 13.3. The van der Waals surface area contributed by atoms with Crippen LogP contribution in [0.15, 0.2) is 0 Å². The van der Waals surface area contributed by atoms with Crippen molar-refractivity contribution in [1.82, 2.24) is 26.6 Å². The van der Waals surface area contributed by atoms with Gasteiger partial charge in [-0.05, 0) is 0 Å². The van der Waals surface area contributed by atoms with Crippen LogP contribution in [0.2, 0.25) is 0 Å². The number of nitrogens with one attached hydrogen (secondary N) is 5. The van der Waals surface area contributed by atoms with Crippen molar-refractivity contribution in [3.63, 3.8) is 0 Å². The van der Waals surface area contributed by atoms with Crippen LogP contribution in [0.25, 0.3) is 0 Å². The number of carbonyl (C=O) groups excluding carboxylic acids is 5. The number of aliphatic hydroxyl groups excluding tert-OH is 21. The molecular formula is C58H97N5O41. The van der Waals surface area contributed by atoms with Crippen LogP contribution in [0.3, 0.4) is 0 Å². The van der Waals surface area contributed by atoms with E-state index in [-0.39, 0.29) is 0 Å². The van der Waals surface area contributed by atoms with Crippen molar-refractivity contribution in [2.75, 3.05) is 52.9 Å². The van der Waals surface area contributed by atoms with Gasteiger partial charge in [-0.3, -0.25) is 24.0 Å². The zero-order valence-electron chi connectivity index (χ0n) is 56.3. The Hall–Kier alpha value is -4.09. The standard InChI is InChI=1S/C58H97N5O41/c1-14(70)59-27-42(85)46(23(10-68)92-51(27)89)101-56-45(88)48(102-58-50(104-55-31(63-18(5)74)41(84)35(78)22(9-67)96-55)44(87)47(24(11-69)97-58)100-53-29(61-16(3)72)39(82)33(76)20(7-65)94-53)37(80)26(98-56)13-91-57-49(103-54-30(62-17(4)73)40(83)34(77)21(8-66)95-54)43(86)36(79)25(99-57)12-90-52-28(60-15(2)71)38(81)32(75)19(6-64)93-52/h19-58,64-69,75-89H,6-13H2,1-5H3,(H,59,70)(H,60,71)(H,61,72)(H,62,73)(H,63,74)/t19-,20-,21-,22-,23-,24-,25-,26-,27-,28-,29-,30-,31-,32-,33-,34-,35-,36-,37-,38-,39-,40-,41-,42-,43+,44+,45+,46-,47-,48+,49+,50+,51-,52-,53+,54+,55+,56+,57+,58-/m1/s1. The van der Waals surface area contributed by atoms with Gasteiger partial charge in [0.15, 0.2) is 50.3 Å². The maximum atomic E-state index is 12.7. The molecule has 26 N–H and O–H groups in total. The highest BCUT2D eigenvalue weighted by molar-refractivity contribution is 5.75. The number of ether oxygens (including phenoxy) is 15. The lowest BCUT2D eigenvalue weighted by molar-refractivity contribution is -0.402. The van der Waals surface area contributed by atoms with Gasteiger partial charge in [-0.15, -0.1) is 0 Å². The molecule has 0 spiro atoms. The van der Waals surface area contributed by atoms with Crippen LogP contribution in [-0.4, -0.2) is 435 Å². The van der Waals surface area contributed by atoms with Gasteiger partial charge in [-0.2, -0.15) is 0 Å². The van der Waals surface area contributed by atoms with Gasteiger partial charge >= 0.3 is 0 Å². The minimum absolute atomic E-state index is 0.783. The van der Waals surface area contributed by atoms with Gasteiger partial charge in [0.05, 0.1) is 52.9 Å². The van der Waals surface area contributed by atoms with Crippen molar-refractivity contribution in [1.29, 1.82) is 0 Å². The van der Waals surface area contributed by atoms with Crippen molar-refractivity contribution >= 4 is 29.5 Å². The molecule has 0 bridgehead atoms. The highest BCUT2D eigenvalue weighted by Gasteiger charge is 2.60. The van der Waals surface area contributed by atoms with E-state index < -0.39 is 328 Å². The number of carbonyl (C=O) groups is 5. The zero-order valence-corrected chi connectivity index (χ0v) is 56.3. The maximum Gasteiger partial charge on any atom is 0.217 e. The summed E-state index contributed by atoms with van der Waals surface area (Å²) in [7, 11) is 0. The van der Waals surface area contributed by atoms with E-state index in [1.54, 1.807) is 0 Å². The lowest BCUT2D eigenvalue weighted by atomic mass is 9.94. The molecule has 8 heterocycles. The molecule has 8 fully saturated rings. The number of hydrogen-bond donors (Lipinski definition) is 26. The molecule has 8 rings (SSSR count). The summed E-state index contributed by atoms with van der Waals surface area (Å²) in [5, 5.41) is 246. The summed E-state index contributed by atoms with van der Waals surface area (Å²) < 4.78 is 89.8. The molecule has 0 aromatic heterocycles. The number of hydrogen-bond acceptors (Lipinski definition) is 41. The van der Waals surface area contributed by atoms with Gasteiger partial charge in [0.2, 0.25) is 29.5 Å². The molecule has 46 nitrogen and oxygen atoms in total. The summed E-state index contributed by atoms with van der Waals surface area (Å²) in [6, 6.07) is -8.77. The molecule has 0 saturated carbocycles. The highest BCUT2D eigenvalue weighted by atomic mass is 16.8. The summed E-state index contributed by atoms with van der Waals surface area (Å²) in [6.07, 6.45) is -72.3.